The van der Waals surface area contributed by atoms with Gasteiger partial charge in [-0.3, -0.25) is 19.3 Å². The molecule has 2 aromatic carbocycles. The summed E-state index contributed by atoms with van der Waals surface area (Å²) >= 11 is 0.827. The second-order valence-corrected chi connectivity index (χ2v) is 7.35. The zero-order valence-corrected chi connectivity index (χ0v) is 15.7. The van der Waals surface area contributed by atoms with Gasteiger partial charge < -0.3 is 11.1 Å². The Morgan fingerprint density at radius 2 is 1.86 bits per heavy atom. The molecule has 0 radical (unpaired) electrons. The van der Waals surface area contributed by atoms with Gasteiger partial charge >= 0.3 is 5.24 Å². The lowest BCUT2D eigenvalue weighted by Gasteiger charge is -2.17. The zero-order valence-electron chi connectivity index (χ0n) is 14.9. The van der Waals surface area contributed by atoms with Crippen molar-refractivity contribution < 1.29 is 14.4 Å². The minimum atomic E-state index is -0.458. The van der Waals surface area contributed by atoms with Crippen molar-refractivity contribution in [3.8, 4) is 0 Å². The molecule has 4 rings (SSSR count). The van der Waals surface area contributed by atoms with E-state index in [2.05, 4.69) is 10.3 Å². The van der Waals surface area contributed by atoms with Gasteiger partial charge in [-0.1, -0.05) is 35.9 Å². The Labute approximate surface area is 165 Å². The van der Waals surface area contributed by atoms with E-state index in [4.69, 9.17) is 5.73 Å². The van der Waals surface area contributed by atoms with Crippen molar-refractivity contribution in [3.63, 3.8) is 0 Å². The number of anilines is 2. The van der Waals surface area contributed by atoms with Crippen LogP contribution in [0.3, 0.4) is 0 Å². The number of nitrogens with one attached hydrogen (secondary N) is 1. The largest absolute Gasteiger partial charge is 0.383 e. The van der Waals surface area contributed by atoms with Crippen LogP contribution in [-0.4, -0.2) is 29.4 Å². The first kappa shape index (κ1) is 18.0. The van der Waals surface area contributed by atoms with Crippen molar-refractivity contribution in [1.82, 2.24) is 0 Å². The minimum Gasteiger partial charge on any atom is -0.383 e. The highest BCUT2D eigenvalue weighted by molar-refractivity contribution is 8.18. The van der Waals surface area contributed by atoms with E-state index in [1.807, 2.05) is 19.1 Å². The smallest absolute Gasteiger partial charge is 0.311 e. The zero-order chi connectivity index (χ0) is 19.8. The van der Waals surface area contributed by atoms with Crippen LogP contribution < -0.4 is 16.0 Å². The van der Waals surface area contributed by atoms with E-state index in [1.165, 1.54) is 4.90 Å². The molecule has 140 valence electrons. The molecule has 28 heavy (non-hydrogen) atoms. The Morgan fingerprint density at radius 1 is 1.14 bits per heavy atom. The summed E-state index contributed by atoms with van der Waals surface area (Å²) in [5, 5.41) is 2.33. The van der Waals surface area contributed by atoms with Crippen LogP contribution in [0, 0.1) is 6.92 Å². The molecule has 0 unspecified atom stereocenters. The number of thioether (sulfide) groups is 1. The summed E-state index contributed by atoms with van der Waals surface area (Å²) in [7, 11) is 0. The Balaban J connectivity index is 1.64. The van der Waals surface area contributed by atoms with Crippen LogP contribution in [0.5, 0.6) is 0 Å². The molecule has 2 heterocycles. The van der Waals surface area contributed by atoms with Gasteiger partial charge in [-0.05, 0) is 36.9 Å². The average molecular weight is 392 g/mol. The topological polar surface area (TPSA) is 105 Å². The normalized spacial score (nSPS) is 18.3. The lowest BCUT2D eigenvalue weighted by molar-refractivity contribution is -0.118. The molecular weight excluding hydrogens is 376 g/mol. The third-order valence-corrected chi connectivity index (χ3v) is 5.30. The highest BCUT2D eigenvalue weighted by atomic mass is 32.2. The number of amidine groups is 1. The van der Waals surface area contributed by atoms with Gasteiger partial charge in [0.05, 0.1) is 16.2 Å². The van der Waals surface area contributed by atoms with E-state index >= 15 is 0 Å². The number of aryl methyl sites for hydroxylation is 1. The van der Waals surface area contributed by atoms with Crippen molar-refractivity contribution in [2.45, 2.75) is 6.92 Å². The number of amides is 3. The number of rotatable bonds is 3. The summed E-state index contributed by atoms with van der Waals surface area (Å²) < 4.78 is 0. The third kappa shape index (κ3) is 3.18. The van der Waals surface area contributed by atoms with Crippen molar-refractivity contribution in [2.24, 2.45) is 10.7 Å². The standard InChI is InChI=1S/C20H16N4O3S/c1-11-6-8-12(9-7-11)22-15(25)10-24-14-5-3-2-4-13(14)16(19(24)26)17-18(21)23-20(27)28-17/h2-9H,10H2,1H3,(H,22,25)(H2,21,23,27)/b17-16+. The molecule has 0 bridgehead atoms. The number of hydrogen-bond donors (Lipinski definition) is 2. The van der Waals surface area contributed by atoms with Crippen molar-refractivity contribution in [2.75, 3.05) is 16.8 Å². The molecule has 3 amide bonds. The maximum Gasteiger partial charge on any atom is 0.311 e. The summed E-state index contributed by atoms with van der Waals surface area (Å²) in [5.41, 5.74) is 9.10. The average Bonchev–Trinajstić information content (AvgIpc) is 3.13. The predicted octanol–water partition coefficient (Wildman–Crippen LogP) is 2.92. The first-order valence-electron chi connectivity index (χ1n) is 8.52. The summed E-state index contributed by atoms with van der Waals surface area (Å²) in [6, 6.07) is 14.5. The molecule has 0 aromatic heterocycles. The molecule has 2 aromatic rings. The van der Waals surface area contributed by atoms with Gasteiger partial charge in [0, 0.05) is 11.3 Å². The van der Waals surface area contributed by atoms with Gasteiger partial charge in [0.15, 0.2) is 0 Å². The van der Waals surface area contributed by atoms with E-state index < -0.39 is 5.24 Å². The molecule has 0 aliphatic carbocycles. The van der Waals surface area contributed by atoms with E-state index in [1.54, 1.807) is 36.4 Å². The summed E-state index contributed by atoms with van der Waals surface area (Å²) in [6.45, 7) is 1.80. The monoisotopic (exact) mass is 392 g/mol. The predicted molar refractivity (Wildman–Crippen MR) is 110 cm³/mol. The Hall–Kier alpha value is -3.39. The molecule has 2 aliphatic heterocycles. The van der Waals surface area contributed by atoms with Crippen LogP contribution in [0.2, 0.25) is 0 Å². The molecule has 0 spiro atoms. The molecule has 0 saturated carbocycles. The molecule has 2 aliphatic rings. The fourth-order valence-electron chi connectivity index (χ4n) is 3.13. The van der Waals surface area contributed by atoms with Crippen LogP contribution >= 0.6 is 11.8 Å². The van der Waals surface area contributed by atoms with E-state index in [-0.39, 0.29) is 24.2 Å². The number of hydrogen-bond acceptors (Lipinski definition) is 5. The van der Waals surface area contributed by atoms with Crippen LogP contribution in [0.4, 0.5) is 16.2 Å². The van der Waals surface area contributed by atoms with Crippen LogP contribution in [-0.2, 0) is 9.59 Å². The summed E-state index contributed by atoms with van der Waals surface area (Å²) in [4.78, 5) is 42.6. The minimum absolute atomic E-state index is 0.0270. The van der Waals surface area contributed by atoms with E-state index in [0.29, 0.717) is 27.4 Å². The molecule has 0 atom stereocenters. The maximum absolute atomic E-state index is 13.1. The Kier molecular flexibility index (Phi) is 4.48. The van der Waals surface area contributed by atoms with Gasteiger partial charge in [0.2, 0.25) is 5.91 Å². The maximum atomic E-state index is 13.1. The van der Waals surface area contributed by atoms with Crippen molar-refractivity contribution >= 4 is 51.6 Å². The van der Waals surface area contributed by atoms with Gasteiger partial charge in [0.25, 0.3) is 5.91 Å². The Morgan fingerprint density at radius 3 is 2.54 bits per heavy atom. The second-order valence-electron chi connectivity index (χ2n) is 6.39. The fourth-order valence-corrected chi connectivity index (χ4v) is 3.90. The summed E-state index contributed by atoms with van der Waals surface area (Å²) in [6.07, 6.45) is 0. The van der Waals surface area contributed by atoms with Gasteiger partial charge in [-0.2, -0.15) is 4.99 Å². The molecule has 0 fully saturated rings. The third-order valence-electron chi connectivity index (χ3n) is 4.42. The van der Waals surface area contributed by atoms with Gasteiger partial charge in [-0.25, -0.2) is 0 Å². The molecular formula is C20H16N4O3S. The SMILES string of the molecule is Cc1ccc(NC(=O)CN2C(=O)/C(=C3/SC(=O)N=C3N)c3ccccc32)cc1. The molecule has 0 saturated heterocycles. The van der Waals surface area contributed by atoms with Gasteiger partial charge in [-0.15, -0.1) is 0 Å². The lowest BCUT2D eigenvalue weighted by atomic mass is 10.1. The quantitative estimate of drug-likeness (QED) is 0.782. The van der Waals surface area contributed by atoms with Crippen LogP contribution in [0.15, 0.2) is 58.4 Å². The van der Waals surface area contributed by atoms with Crippen LogP contribution in [0.1, 0.15) is 11.1 Å². The molecule has 8 heteroatoms. The van der Waals surface area contributed by atoms with Gasteiger partial charge in [0.1, 0.15) is 12.4 Å². The lowest BCUT2D eigenvalue weighted by Crippen LogP contribution is -2.35. The van der Waals surface area contributed by atoms with Crippen LogP contribution in [0.25, 0.3) is 5.57 Å². The molecule has 7 nitrogen and oxygen atoms in total. The van der Waals surface area contributed by atoms with Crippen molar-refractivity contribution in [3.05, 3.63) is 64.6 Å². The molecule has 3 N–H and O–H groups in total. The first-order chi connectivity index (χ1) is 13.4. The Bertz CT molecular complexity index is 1070. The number of carbonyl (C=O) groups is 3. The number of aliphatic imine (C=N–C) groups is 1. The fraction of sp³-hybridized carbons (Fsp3) is 0.100. The van der Waals surface area contributed by atoms with Crippen molar-refractivity contribution in [1.29, 1.82) is 0 Å². The number of carbonyl (C=O) groups excluding carboxylic acids is 3. The second kappa shape index (κ2) is 6.97. The highest BCUT2D eigenvalue weighted by Gasteiger charge is 2.38. The number of nitrogens with two attached hydrogens (primary N) is 1. The number of para-hydroxylation sites is 1. The number of benzene rings is 2. The van der Waals surface area contributed by atoms with E-state index in [9.17, 15) is 14.4 Å². The van der Waals surface area contributed by atoms with E-state index in [0.717, 1.165) is 17.3 Å². The first-order valence-corrected chi connectivity index (χ1v) is 9.34. The number of fused-ring (bicyclic) bond motifs is 1. The number of nitrogens with zero attached hydrogens (tertiary/aromatic N) is 2. The highest BCUT2D eigenvalue weighted by Crippen LogP contribution is 2.42. The summed E-state index contributed by atoms with van der Waals surface area (Å²) in [5.74, 6) is -0.676.